The Labute approximate surface area is 211 Å². The van der Waals surface area contributed by atoms with Gasteiger partial charge in [-0.25, -0.2) is 0 Å². The number of nitrogens with one attached hydrogen (secondary N) is 1. The highest BCUT2D eigenvalue weighted by Crippen LogP contribution is 2.35. The summed E-state index contributed by atoms with van der Waals surface area (Å²) in [5.74, 6) is -1.00. The minimum atomic E-state index is -0.699. The van der Waals surface area contributed by atoms with E-state index in [-0.39, 0.29) is 22.9 Å². The van der Waals surface area contributed by atoms with Gasteiger partial charge in [0.2, 0.25) is 0 Å². The van der Waals surface area contributed by atoms with Crippen LogP contribution in [0.15, 0.2) is 101 Å². The number of allylic oxidation sites excluding steroid dienone is 1. The molecule has 1 aliphatic rings. The van der Waals surface area contributed by atoms with E-state index in [1.165, 1.54) is 15.9 Å². The standard InChI is InChI=1S/C29H22N4O2S/c30-17-22-24(21-14-8-3-9-15-21)25(27(34)32-18-20-12-6-2-7-13-20)29-33(26(22)31)28(35)23(36-29)16-19-10-4-1-5-11-19/h1-16,24H,18,31H2,(H,32,34)/b23-16-. The Morgan fingerprint density at radius 1 is 1.00 bits per heavy atom. The Bertz CT molecular complexity index is 1680. The molecule has 0 fully saturated rings. The number of rotatable bonds is 5. The maximum absolute atomic E-state index is 13.7. The third kappa shape index (κ3) is 4.26. The summed E-state index contributed by atoms with van der Waals surface area (Å²) < 4.78 is 2.16. The Balaban J connectivity index is 1.75. The lowest BCUT2D eigenvalue weighted by atomic mass is 9.83. The molecular formula is C29H22N4O2S. The Hall–Kier alpha value is -4.67. The van der Waals surface area contributed by atoms with Crippen molar-refractivity contribution in [2.24, 2.45) is 5.73 Å². The highest BCUT2D eigenvalue weighted by molar-refractivity contribution is 7.07. The van der Waals surface area contributed by atoms with Crippen molar-refractivity contribution >= 4 is 34.7 Å². The molecule has 0 bridgehead atoms. The van der Waals surface area contributed by atoms with Crippen molar-refractivity contribution in [1.29, 1.82) is 5.26 Å². The Morgan fingerprint density at radius 2 is 1.61 bits per heavy atom. The molecule has 0 saturated heterocycles. The summed E-state index contributed by atoms with van der Waals surface area (Å²) >= 11 is 1.20. The fraction of sp³-hybridized carbons (Fsp3) is 0.0690. The highest BCUT2D eigenvalue weighted by Gasteiger charge is 2.35. The lowest BCUT2D eigenvalue weighted by Crippen LogP contribution is -2.41. The predicted octanol–water partition coefficient (Wildman–Crippen LogP) is 2.65. The van der Waals surface area contributed by atoms with E-state index in [0.717, 1.165) is 16.7 Å². The molecule has 6 nitrogen and oxygen atoms in total. The van der Waals surface area contributed by atoms with E-state index in [2.05, 4.69) is 11.4 Å². The molecule has 1 aliphatic heterocycles. The number of amides is 1. The first kappa shape index (κ1) is 23.1. The van der Waals surface area contributed by atoms with Crippen LogP contribution in [0.1, 0.15) is 22.6 Å². The third-order valence-corrected chi connectivity index (χ3v) is 7.15. The topological polar surface area (TPSA) is 101 Å². The average Bonchev–Trinajstić information content (AvgIpc) is 3.24. The van der Waals surface area contributed by atoms with Gasteiger partial charge in [-0.05, 0) is 22.8 Å². The zero-order valence-corrected chi connectivity index (χ0v) is 20.0. The zero-order valence-electron chi connectivity index (χ0n) is 19.2. The number of nitrogens with two attached hydrogens (primary N) is 1. The molecule has 0 saturated carbocycles. The molecule has 3 aromatic carbocycles. The fourth-order valence-electron chi connectivity index (χ4n) is 4.32. The van der Waals surface area contributed by atoms with E-state index in [9.17, 15) is 14.9 Å². The van der Waals surface area contributed by atoms with Gasteiger partial charge in [0.1, 0.15) is 10.5 Å². The lowest BCUT2D eigenvalue weighted by Gasteiger charge is -2.25. The first-order valence-electron chi connectivity index (χ1n) is 11.4. The fourth-order valence-corrected chi connectivity index (χ4v) is 5.50. The molecule has 0 aliphatic carbocycles. The van der Waals surface area contributed by atoms with Crippen molar-refractivity contribution in [2.75, 3.05) is 0 Å². The van der Waals surface area contributed by atoms with Crippen LogP contribution in [0.4, 0.5) is 0 Å². The number of benzene rings is 3. The maximum Gasteiger partial charge on any atom is 0.274 e. The second-order valence-corrected chi connectivity index (χ2v) is 9.33. The first-order valence-corrected chi connectivity index (χ1v) is 12.2. The van der Waals surface area contributed by atoms with Crippen LogP contribution >= 0.6 is 11.3 Å². The third-order valence-electron chi connectivity index (χ3n) is 6.04. The second kappa shape index (κ2) is 9.90. The van der Waals surface area contributed by atoms with Crippen LogP contribution in [0.5, 0.6) is 0 Å². The second-order valence-electron chi connectivity index (χ2n) is 8.30. The van der Waals surface area contributed by atoms with E-state index in [1.807, 2.05) is 91.0 Å². The molecule has 1 amide bonds. The van der Waals surface area contributed by atoms with Crippen molar-refractivity contribution in [3.63, 3.8) is 0 Å². The van der Waals surface area contributed by atoms with Gasteiger partial charge < -0.3 is 11.1 Å². The lowest BCUT2D eigenvalue weighted by molar-refractivity contribution is -0.116. The van der Waals surface area contributed by atoms with E-state index >= 15 is 0 Å². The molecule has 176 valence electrons. The molecule has 3 N–H and O–H groups in total. The number of thiazole rings is 1. The van der Waals surface area contributed by atoms with Crippen molar-refractivity contribution in [3.05, 3.63) is 133 Å². The number of fused-ring (bicyclic) bond motifs is 1. The quantitative estimate of drug-likeness (QED) is 0.449. The van der Waals surface area contributed by atoms with Crippen LogP contribution in [0.2, 0.25) is 0 Å². The van der Waals surface area contributed by atoms with Gasteiger partial charge in [-0.1, -0.05) is 91.0 Å². The highest BCUT2D eigenvalue weighted by atomic mass is 32.1. The van der Waals surface area contributed by atoms with E-state index in [1.54, 1.807) is 6.08 Å². The van der Waals surface area contributed by atoms with Crippen molar-refractivity contribution < 1.29 is 4.79 Å². The van der Waals surface area contributed by atoms with Gasteiger partial charge >= 0.3 is 0 Å². The van der Waals surface area contributed by atoms with Gasteiger partial charge in [0.05, 0.1) is 27.7 Å². The molecule has 4 aromatic rings. The minimum absolute atomic E-state index is 0.0509. The molecule has 1 atom stereocenters. The summed E-state index contributed by atoms with van der Waals surface area (Å²) in [6, 6.07) is 30.5. The summed E-state index contributed by atoms with van der Waals surface area (Å²) in [4.78, 5) is 27.2. The number of aromatic nitrogens is 1. The molecule has 2 heterocycles. The number of hydrogen-bond donors (Lipinski definition) is 2. The van der Waals surface area contributed by atoms with Crippen molar-refractivity contribution in [3.8, 4) is 6.07 Å². The van der Waals surface area contributed by atoms with Gasteiger partial charge in [-0.15, -0.1) is 11.3 Å². The summed E-state index contributed by atoms with van der Waals surface area (Å²) in [6.45, 7) is 0.310. The number of nitriles is 1. The molecule has 7 heteroatoms. The Morgan fingerprint density at radius 3 is 2.25 bits per heavy atom. The van der Waals surface area contributed by atoms with E-state index in [4.69, 9.17) is 5.73 Å². The zero-order chi connectivity index (χ0) is 25.1. The molecular weight excluding hydrogens is 468 g/mol. The van der Waals surface area contributed by atoms with E-state index in [0.29, 0.717) is 21.3 Å². The number of carbonyl (C=O) groups is 1. The number of hydrogen-bond acceptors (Lipinski definition) is 5. The van der Waals surface area contributed by atoms with Crippen LogP contribution in [-0.2, 0) is 11.3 Å². The summed E-state index contributed by atoms with van der Waals surface area (Å²) in [7, 11) is 0. The monoisotopic (exact) mass is 490 g/mol. The van der Waals surface area contributed by atoms with Gasteiger partial charge in [0.15, 0.2) is 0 Å². The molecule has 1 aromatic heterocycles. The van der Waals surface area contributed by atoms with Crippen LogP contribution in [0.3, 0.4) is 0 Å². The van der Waals surface area contributed by atoms with Crippen molar-refractivity contribution in [1.82, 2.24) is 9.88 Å². The number of carbonyl (C=O) groups excluding carboxylic acids is 1. The minimum Gasteiger partial charge on any atom is -0.384 e. The summed E-state index contributed by atoms with van der Waals surface area (Å²) in [5.41, 5.74) is 9.12. The molecule has 5 rings (SSSR count). The van der Waals surface area contributed by atoms with Crippen LogP contribution in [-0.4, -0.2) is 10.5 Å². The maximum atomic E-state index is 13.7. The van der Waals surface area contributed by atoms with Gasteiger partial charge in [0.25, 0.3) is 11.5 Å². The van der Waals surface area contributed by atoms with Crippen LogP contribution in [0.25, 0.3) is 17.5 Å². The van der Waals surface area contributed by atoms with Crippen LogP contribution < -0.4 is 25.8 Å². The van der Waals surface area contributed by atoms with Gasteiger partial charge in [-0.2, -0.15) is 5.26 Å². The molecule has 0 spiro atoms. The van der Waals surface area contributed by atoms with Crippen molar-refractivity contribution in [2.45, 2.75) is 12.5 Å². The normalized spacial score (nSPS) is 15.4. The summed E-state index contributed by atoms with van der Waals surface area (Å²) in [5, 5.41) is 13.1. The van der Waals surface area contributed by atoms with Gasteiger partial charge in [-0.3, -0.25) is 14.2 Å². The molecule has 0 radical (unpaired) electrons. The largest absolute Gasteiger partial charge is 0.384 e. The smallest absolute Gasteiger partial charge is 0.274 e. The van der Waals surface area contributed by atoms with Crippen LogP contribution in [0, 0.1) is 11.3 Å². The molecule has 1 unspecified atom stereocenters. The Kier molecular flexibility index (Phi) is 6.35. The number of nitrogens with zero attached hydrogens (tertiary/aromatic N) is 2. The van der Waals surface area contributed by atoms with E-state index < -0.39 is 5.92 Å². The molecule has 36 heavy (non-hydrogen) atoms. The average molecular weight is 491 g/mol. The summed E-state index contributed by atoms with van der Waals surface area (Å²) in [6.07, 6.45) is 1.77. The predicted molar refractivity (Wildman–Crippen MR) is 142 cm³/mol. The SMILES string of the molecule is N#CC1=C(N)n2c(s/c(=C\c3ccccc3)c2=O)=C(C(=O)NCc2ccccc2)C1c1ccccc1. The van der Waals surface area contributed by atoms with Gasteiger partial charge in [0, 0.05) is 6.54 Å². The first-order chi connectivity index (χ1) is 17.6.